The average molecular weight is 222 g/mol. The fourth-order valence-corrected chi connectivity index (χ4v) is 4.44. The summed E-state index contributed by atoms with van der Waals surface area (Å²) in [6, 6.07) is 0.916. The Labute approximate surface area is 99.4 Å². The monoisotopic (exact) mass is 222 g/mol. The van der Waals surface area contributed by atoms with Gasteiger partial charge in [0.15, 0.2) is 0 Å². The molecule has 2 bridgehead atoms. The van der Waals surface area contributed by atoms with Gasteiger partial charge in [-0.2, -0.15) is 0 Å². The van der Waals surface area contributed by atoms with E-state index in [0.29, 0.717) is 5.92 Å². The van der Waals surface area contributed by atoms with Crippen molar-refractivity contribution in [1.82, 2.24) is 5.32 Å². The van der Waals surface area contributed by atoms with Crippen LogP contribution in [0.2, 0.25) is 0 Å². The Kier molecular flexibility index (Phi) is 2.97. The molecule has 0 aromatic carbocycles. The number of nitrogens with one attached hydrogen (secondary N) is 1. The Morgan fingerprint density at radius 3 is 2.56 bits per heavy atom. The molecule has 0 amide bonds. The summed E-state index contributed by atoms with van der Waals surface area (Å²) in [5.74, 6) is 5.10. The first kappa shape index (κ1) is 11.0. The van der Waals surface area contributed by atoms with Crippen LogP contribution < -0.4 is 11.1 Å². The first-order valence-electron chi connectivity index (χ1n) is 7.24. The van der Waals surface area contributed by atoms with Crippen LogP contribution in [-0.4, -0.2) is 19.1 Å². The number of hydrogen-bond donors (Lipinski definition) is 2. The van der Waals surface area contributed by atoms with Gasteiger partial charge in [-0.1, -0.05) is 6.92 Å². The molecule has 3 saturated carbocycles. The third kappa shape index (κ3) is 1.80. The molecule has 5 atom stereocenters. The van der Waals surface area contributed by atoms with E-state index in [2.05, 4.69) is 12.2 Å². The van der Waals surface area contributed by atoms with Crippen molar-refractivity contribution in [3.05, 3.63) is 0 Å². The lowest BCUT2D eigenvalue weighted by molar-refractivity contribution is 0.443. The molecule has 0 aromatic heterocycles. The number of nitrogens with two attached hydrogens (primary N) is 1. The summed E-state index contributed by atoms with van der Waals surface area (Å²) in [7, 11) is 0. The maximum absolute atomic E-state index is 5.63. The smallest absolute Gasteiger partial charge is 0.0135 e. The normalized spacial score (nSPS) is 45.8. The van der Waals surface area contributed by atoms with Crippen LogP contribution in [0.5, 0.6) is 0 Å². The van der Waals surface area contributed by atoms with Gasteiger partial charge in [-0.15, -0.1) is 0 Å². The lowest BCUT2D eigenvalue weighted by atomic mass is 10.0. The molecule has 16 heavy (non-hydrogen) atoms. The second kappa shape index (κ2) is 4.30. The van der Waals surface area contributed by atoms with Gasteiger partial charge >= 0.3 is 0 Å². The van der Waals surface area contributed by atoms with Crippen molar-refractivity contribution in [2.24, 2.45) is 35.3 Å². The van der Waals surface area contributed by atoms with E-state index in [9.17, 15) is 0 Å². The topological polar surface area (TPSA) is 38.0 Å². The fourth-order valence-electron chi connectivity index (χ4n) is 4.44. The highest BCUT2D eigenvalue weighted by Crippen LogP contribution is 2.65. The molecule has 0 radical (unpaired) electrons. The molecule has 2 heteroatoms. The van der Waals surface area contributed by atoms with Crippen molar-refractivity contribution >= 4 is 0 Å². The Balaban J connectivity index is 1.33. The first-order valence-corrected chi connectivity index (χ1v) is 7.24. The van der Waals surface area contributed by atoms with Crippen LogP contribution in [0, 0.1) is 29.6 Å². The van der Waals surface area contributed by atoms with Crippen molar-refractivity contribution in [3.8, 4) is 0 Å². The molecule has 0 spiro atoms. The molecule has 0 aliphatic heterocycles. The van der Waals surface area contributed by atoms with Gasteiger partial charge in [0, 0.05) is 6.04 Å². The van der Waals surface area contributed by atoms with Gasteiger partial charge in [0.05, 0.1) is 0 Å². The number of rotatable bonds is 6. The summed E-state index contributed by atoms with van der Waals surface area (Å²) in [6.07, 6.45) is 7.24. The van der Waals surface area contributed by atoms with Crippen LogP contribution in [0.15, 0.2) is 0 Å². The van der Waals surface area contributed by atoms with Crippen molar-refractivity contribution in [1.29, 1.82) is 0 Å². The maximum Gasteiger partial charge on any atom is 0.0135 e. The Hall–Kier alpha value is -0.0800. The predicted octanol–water partition coefficient (Wildman–Crippen LogP) is 2.00. The van der Waals surface area contributed by atoms with Crippen molar-refractivity contribution < 1.29 is 0 Å². The minimum absolute atomic E-state index is 0.705. The largest absolute Gasteiger partial charge is 0.330 e. The van der Waals surface area contributed by atoms with Gasteiger partial charge < -0.3 is 11.1 Å². The zero-order valence-electron chi connectivity index (χ0n) is 10.5. The predicted molar refractivity (Wildman–Crippen MR) is 67.1 cm³/mol. The summed E-state index contributed by atoms with van der Waals surface area (Å²) in [5, 5.41) is 3.80. The molecular formula is C14H26N2. The van der Waals surface area contributed by atoms with E-state index in [0.717, 1.165) is 36.3 Å². The summed E-state index contributed by atoms with van der Waals surface area (Å²) >= 11 is 0. The molecule has 3 fully saturated rings. The van der Waals surface area contributed by atoms with Crippen molar-refractivity contribution in [2.75, 3.05) is 13.1 Å². The van der Waals surface area contributed by atoms with Crippen LogP contribution in [-0.2, 0) is 0 Å². The van der Waals surface area contributed by atoms with Crippen LogP contribution in [0.3, 0.4) is 0 Å². The van der Waals surface area contributed by atoms with Gasteiger partial charge in [-0.3, -0.25) is 0 Å². The van der Waals surface area contributed by atoms with E-state index in [4.69, 9.17) is 5.73 Å². The van der Waals surface area contributed by atoms with Gasteiger partial charge in [0.2, 0.25) is 0 Å². The lowest BCUT2D eigenvalue weighted by Crippen LogP contribution is -2.24. The van der Waals surface area contributed by atoms with Crippen molar-refractivity contribution in [2.45, 2.75) is 45.1 Å². The molecule has 5 unspecified atom stereocenters. The van der Waals surface area contributed by atoms with Gasteiger partial charge in [0.25, 0.3) is 0 Å². The highest BCUT2D eigenvalue weighted by atomic mass is 15.0. The molecule has 3 aliphatic carbocycles. The van der Waals surface area contributed by atoms with Crippen LogP contribution in [0.25, 0.3) is 0 Å². The summed E-state index contributed by atoms with van der Waals surface area (Å²) in [6.45, 7) is 4.33. The number of hydrogen-bond acceptors (Lipinski definition) is 2. The maximum atomic E-state index is 5.63. The quantitative estimate of drug-likeness (QED) is 0.675. The molecule has 0 aromatic rings. The molecule has 0 saturated heterocycles. The molecule has 92 valence electrons. The molecule has 3 aliphatic rings. The van der Waals surface area contributed by atoms with E-state index < -0.39 is 0 Å². The number of fused-ring (bicyclic) bond motifs is 5. The average Bonchev–Trinajstić information content (AvgIpc) is 2.71. The lowest BCUT2D eigenvalue weighted by Gasteiger charge is -2.11. The van der Waals surface area contributed by atoms with Crippen LogP contribution >= 0.6 is 0 Å². The van der Waals surface area contributed by atoms with E-state index in [1.54, 1.807) is 6.42 Å². The second-order valence-corrected chi connectivity index (χ2v) is 6.45. The second-order valence-electron chi connectivity index (χ2n) is 6.45. The fraction of sp³-hybridized carbons (Fsp3) is 1.00. The molecule has 0 heterocycles. The van der Waals surface area contributed by atoms with E-state index in [1.165, 1.54) is 32.2 Å². The van der Waals surface area contributed by atoms with Gasteiger partial charge in [0.1, 0.15) is 0 Å². The van der Waals surface area contributed by atoms with E-state index in [-0.39, 0.29) is 0 Å². The van der Waals surface area contributed by atoms with E-state index in [1.807, 2.05) is 0 Å². The summed E-state index contributed by atoms with van der Waals surface area (Å²) in [4.78, 5) is 0. The van der Waals surface area contributed by atoms with Crippen molar-refractivity contribution in [3.63, 3.8) is 0 Å². The molecule has 3 rings (SSSR count). The highest BCUT2D eigenvalue weighted by molar-refractivity contribution is 5.16. The van der Waals surface area contributed by atoms with E-state index >= 15 is 0 Å². The first-order chi connectivity index (χ1) is 7.81. The van der Waals surface area contributed by atoms with Gasteiger partial charge in [-0.05, 0) is 74.8 Å². The third-order valence-electron chi connectivity index (χ3n) is 5.39. The SMILES string of the molecule is CC(CN)CCCNC1C2C3CCC(C3)C12. The van der Waals surface area contributed by atoms with Crippen LogP contribution in [0.4, 0.5) is 0 Å². The highest BCUT2D eigenvalue weighted by Gasteiger charge is 2.64. The zero-order valence-corrected chi connectivity index (χ0v) is 10.5. The summed E-state index contributed by atoms with van der Waals surface area (Å²) in [5.41, 5.74) is 5.63. The Morgan fingerprint density at radius 2 is 1.94 bits per heavy atom. The van der Waals surface area contributed by atoms with Gasteiger partial charge in [-0.25, -0.2) is 0 Å². The Morgan fingerprint density at radius 1 is 1.25 bits per heavy atom. The zero-order chi connectivity index (χ0) is 11.1. The third-order valence-corrected chi connectivity index (χ3v) is 5.39. The molecule has 2 nitrogen and oxygen atoms in total. The molecular weight excluding hydrogens is 196 g/mol. The summed E-state index contributed by atoms with van der Waals surface area (Å²) < 4.78 is 0. The Bertz CT molecular complexity index is 237. The minimum atomic E-state index is 0.705. The van der Waals surface area contributed by atoms with Crippen LogP contribution in [0.1, 0.15) is 39.0 Å². The minimum Gasteiger partial charge on any atom is -0.330 e. The molecule has 3 N–H and O–H groups in total. The standard InChI is InChI=1S/C14H26N2/c1-9(8-15)3-2-6-16-14-12-10-4-5-11(7-10)13(12)14/h9-14,16H,2-8,15H2,1H3.